The Morgan fingerprint density at radius 2 is 2.08 bits per heavy atom. The van der Waals surface area contributed by atoms with Crippen molar-refractivity contribution in [3.8, 4) is 6.07 Å². The number of thiophene rings is 1. The number of halogens is 2. The number of nitrogens with zero attached hydrogens (tertiary/aromatic N) is 3. The monoisotopic (exact) mass is 406 g/mol. The molecule has 0 saturated heterocycles. The number of nitriles is 1. The van der Waals surface area contributed by atoms with Crippen LogP contribution in [0.1, 0.15) is 48.1 Å². The van der Waals surface area contributed by atoms with Gasteiger partial charge in [-0.05, 0) is 29.3 Å². The summed E-state index contributed by atoms with van der Waals surface area (Å²) in [5.74, 6) is -0.368. The minimum atomic E-state index is -0.368. The molecule has 8 heteroatoms. The molecule has 0 unspecified atom stereocenters. The molecule has 3 aromatic rings. The fraction of sp³-hybridized carbons (Fsp3) is 0.278. The van der Waals surface area contributed by atoms with E-state index >= 15 is 0 Å². The highest BCUT2D eigenvalue weighted by atomic mass is 35.5. The smallest absolute Gasteiger partial charge is 0.275 e. The molecule has 0 spiro atoms. The summed E-state index contributed by atoms with van der Waals surface area (Å²) in [6.45, 7) is 7.81. The topological polar surface area (TPSA) is 70.2 Å². The third kappa shape index (κ3) is 3.18. The lowest BCUT2D eigenvalue weighted by molar-refractivity contribution is 0.102. The second kappa shape index (κ2) is 6.58. The highest BCUT2D eigenvalue weighted by molar-refractivity contribution is 7.14. The Bertz CT molecular complexity index is 1070. The largest absolute Gasteiger partial charge is 0.311 e. The molecule has 1 amide bonds. The molecule has 0 aromatic carbocycles. The van der Waals surface area contributed by atoms with Crippen molar-refractivity contribution >= 4 is 51.1 Å². The lowest BCUT2D eigenvalue weighted by Gasteiger charge is -2.17. The maximum absolute atomic E-state index is 12.9. The van der Waals surface area contributed by atoms with Crippen molar-refractivity contribution < 1.29 is 4.79 Å². The van der Waals surface area contributed by atoms with Crippen LogP contribution in [-0.2, 0) is 5.41 Å². The molecule has 0 saturated carbocycles. The van der Waals surface area contributed by atoms with Gasteiger partial charge in [0.2, 0.25) is 0 Å². The maximum Gasteiger partial charge on any atom is 0.275 e. The minimum Gasteiger partial charge on any atom is -0.311 e. The summed E-state index contributed by atoms with van der Waals surface area (Å²) < 4.78 is 1.57. The van der Waals surface area contributed by atoms with Crippen LogP contribution >= 0.6 is 34.5 Å². The van der Waals surface area contributed by atoms with Crippen molar-refractivity contribution in [2.24, 2.45) is 0 Å². The summed E-state index contributed by atoms with van der Waals surface area (Å²) in [5, 5.41) is 15.6. The number of nitrogens with one attached hydrogen (secondary N) is 1. The van der Waals surface area contributed by atoms with Crippen LogP contribution < -0.4 is 5.32 Å². The zero-order valence-electron chi connectivity index (χ0n) is 14.6. The number of rotatable bonds is 2. The first-order chi connectivity index (χ1) is 12.1. The molecule has 134 valence electrons. The molecule has 5 nitrogen and oxygen atoms in total. The van der Waals surface area contributed by atoms with Gasteiger partial charge < -0.3 is 5.32 Å². The van der Waals surface area contributed by atoms with E-state index < -0.39 is 0 Å². The van der Waals surface area contributed by atoms with Gasteiger partial charge in [0, 0.05) is 6.20 Å². The second-order valence-electron chi connectivity index (χ2n) is 6.92. The summed E-state index contributed by atoms with van der Waals surface area (Å²) >= 11 is 13.6. The highest BCUT2D eigenvalue weighted by Crippen LogP contribution is 2.36. The van der Waals surface area contributed by atoms with Crippen LogP contribution in [0.25, 0.3) is 5.65 Å². The number of carbonyl (C=O) groups is 1. The molecule has 0 fully saturated rings. The molecule has 0 bridgehead atoms. The van der Waals surface area contributed by atoms with E-state index in [4.69, 9.17) is 23.2 Å². The first-order valence-corrected chi connectivity index (χ1v) is 9.44. The van der Waals surface area contributed by atoms with Gasteiger partial charge in [0.25, 0.3) is 5.91 Å². The van der Waals surface area contributed by atoms with E-state index in [-0.39, 0.29) is 11.3 Å². The Hall–Kier alpha value is -2.07. The Morgan fingerprint density at radius 1 is 1.38 bits per heavy atom. The van der Waals surface area contributed by atoms with Gasteiger partial charge in [-0.25, -0.2) is 4.98 Å². The van der Waals surface area contributed by atoms with Crippen molar-refractivity contribution in [1.29, 1.82) is 5.26 Å². The van der Waals surface area contributed by atoms with E-state index in [2.05, 4.69) is 16.4 Å². The fourth-order valence-electron chi connectivity index (χ4n) is 2.74. The Morgan fingerprint density at radius 3 is 2.69 bits per heavy atom. The number of aromatic nitrogens is 2. The van der Waals surface area contributed by atoms with Gasteiger partial charge in [-0.2, -0.15) is 5.26 Å². The van der Waals surface area contributed by atoms with Gasteiger partial charge in [0.05, 0.1) is 21.3 Å². The van der Waals surface area contributed by atoms with Crippen LogP contribution in [0.4, 0.5) is 5.00 Å². The predicted octanol–water partition coefficient (Wildman–Crippen LogP) is 5.43. The molecule has 3 rings (SSSR count). The normalized spacial score (nSPS) is 11.6. The standard InChI is InChI=1S/C18H16Cl2N4OS/c1-9-14(24-7-10(19)5-13(20)15(24)22-9)16(25)23-17-11(6-21)12(8-26-17)18(2,3)4/h5,7-8H,1-4H3,(H,23,25). The quantitative estimate of drug-likeness (QED) is 0.616. The van der Waals surface area contributed by atoms with Gasteiger partial charge in [-0.1, -0.05) is 44.0 Å². The second-order valence-corrected chi connectivity index (χ2v) is 8.64. The number of aryl methyl sites for hydroxylation is 1. The first-order valence-electron chi connectivity index (χ1n) is 7.80. The van der Waals surface area contributed by atoms with Crippen LogP contribution in [0.5, 0.6) is 0 Å². The van der Waals surface area contributed by atoms with Gasteiger partial charge in [-0.15, -0.1) is 11.3 Å². The van der Waals surface area contributed by atoms with Crippen LogP contribution in [0.3, 0.4) is 0 Å². The first kappa shape index (κ1) is 18.7. The molecule has 1 N–H and O–H groups in total. The van der Waals surface area contributed by atoms with E-state index in [0.717, 1.165) is 5.56 Å². The third-order valence-corrected chi connectivity index (χ3v) is 5.35. The number of amides is 1. The van der Waals surface area contributed by atoms with Crippen LogP contribution in [-0.4, -0.2) is 15.3 Å². The molecular weight excluding hydrogens is 391 g/mol. The van der Waals surface area contributed by atoms with Crippen LogP contribution in [0.2, 0.25) is 10.0 Å². The van der Waals surface area contributed by atoms with Crippen molar-refractivity contribution in [1.82, 2.24) is 9.38 Å². The molecule has 0 atom stereocenters. The van der Waals surface area contributed by atoms with Crippen molar-refractivity contribution in [3.05, 3.63) is 50.2 Å². The van der Waals surface area contributed by atoms with E-state index in [1.165, 1.54) is 11.3 Å². The number of hydrogen-bond acceptors (Lipinski definition) is 4. The van der Waals surface area contributed by atoms with Gasteiger partial charge in [-0.3, -0.25) is 9.20 Å². The summed E-state index contributed by atoms with van der Waals surface area (Å²) in [4.78, 5) is 17.3. The van der Waals surface area contributed by atoms with E-state index in [1.54, 1.807) is 23.6 Å². The summed E-state index contributed by atoms with van der Waals surface area (Å²) in [6.07, 6.45) is 1.60. The minimum absolute atomic E-state index is 0.190. The third-order valence-electron chi connectivity index (χ3n) is 3.97. The zero-order chi connectivity index (χ0) is 19.2. The van der Waals surface area contributed by atoms with Crippen LogP contribution in [0, 0.1) is 18.3 Å². The van der Waals surface area contributed by atoms with Gasteiger partial charge in [0.1, 0.15) is 16.8 Å². The average molecular weight is 407 g/mol. The molecule has 26 heavy (non-hydrogen) atoms. The molecule has 0 aliphatic carbocycles. The fourth-order valence-corrected chi connectivity index (χ4v) is 4.38. The number of anilines is 1. The van der Waals surface area contributed by atoms with Crippen molar-refractivity contribution in [3.63, 3.8) is 0 Å². The highest BCUT2D eigenvalue weighted by Gasteiger charge is 2.25. The molecule has 0 aliphatic rings. The Balaban J connectivity index is 2.05. The zero-order valence-corrected chi connectivity index (χ0v) is 17.0. The average Bonchev–Trinajstić information content (AvgIpc) is 3.07. The number of fused-ring (bicyclic) bond motifs is 1. The number of imidazole rings is 1. The number of pyridine rings is 1. The molecular formula is C18H16Cl2N4OS. The molecule has 0 aliphatic heterocycles. The van der Waals surface area contributed by atoms with E-state index in [9.17, 15) is 10.1 Å². The SMILES string of the molecule is Cc1nc2c(Cl)cc(Cl)cn2c1C(=O)Nc1scc(C(C)(C)C)c1C#N. The van der Waals surface area contributed by atoms with E-state index in [1.807, 2.05) is 26.2 Å². The number of hydrogen-bond donors (Lipinski definition) is 1. The van der Waals surface area contributed by atoms with Crippen LogP contribution in [0.15, 0.2) is 17.6 Å². The molecule has 0 radical (unpaired) electrons. The number of carbonyl (C=O) groups excluding carboxylic acids is 1. The lowest BCUT2D eigenvalue weighted by atomic mass is 9.86. The predicted molar refractivity (Wildman–Crippen MR) is 106 cm³/mol. The summed E-state index contributed by atoms with van der Waals surface area (Å²) in [6, 6.07) is 3.78. The van der Waals surface area contributed by atoms with Gasteiger partial charge >= 0.3 is 0 Å². The Labute approximate surface area is 165 Å². The Kier molecular flexibility index (Phi) is 4.74. The lowest BCUT2D eigenvalue weighted by Crippen LogP contribution is -2.16. The molecule has 3 heterocycles. The molecule has 3 aromatic heterocycles. The van der Waals surface area contributed by atoms with Crippen molar-refractivity contribution in [2.75, 3.05) is 5.32 Å². The van der Waals surface area contributed by atoms with E-state index in [0.29, 0.717) is 37.6 Å². The maximum atomic E-state index is 12.9. The summed E-state index contributed by atoms with van der Waals surface area (Å²) in [7, 11) is 0. The van der Waals surface area contributed by atoms with Gasteiger partial charge in [0.15, 0.2) is 5.65 Å². The summed E-state index contributed by atoms with van der Waals surface area (Å²) in [5.41, 5.74) is 2.52. The van der Waals surface area contributed by atoms with Crippen molar-refractivity contribution in [2.45, 2.75) is 33.1 Å².